The van der Waals surface area contributed by atoms with Gasteiger partial charge in [-0.3, -0.25) is 0 Å². The SMILES string of the molecule is Fc1ccc(C2(C(F)(F)F)N=N2)cc1. The van der Waals surface area contributed by atoms with Gasteiger partial charge in [-0.1, -0.05) is 12.1 Å². The van der Waals surface area contributed by atoms with Gasteiger partial charge in [0.2, 0.25) is 0 Å². The van der Waals surface area contributed by atoms with E-state index >= 15 is 0 Å². The van der Waals surface area contributed by atoms with Gasteiger partial charge < -0.3 is 0 Å². The fourth-order valence-corrected chi connectivity index (χ4v) is 1.12. The van der Waals surface area contributed by atoms with E-state index in [2.05, 4.69) is 10.2 Å². The molecular weight excluding hydrogens is 200 g/mol. The molecular formula is C8H4F4N2. The van der Waals surface area contributed by atoms with Crippen LogP contribution in [0.1, 0.15) is 5.56 Å². The normalized spacial score (nSPS) is 18.3. The van der Waals surface area contributed by atoms with E-state index in [1.807, 2.05) is 0 Å². The lowest BCUT2D eigenvalue weighted by atomic mass is 10.0. The molecule has 0 aliphatic carbocycles. The Morgan fingerprint density at radius 2 is 1.50 bits per heavy atom. The molecule has 14 heavy (non-hydrogen) atoms. The Bertz CT molecular complexity index is 373. The molecule has 0 saturated carbocycles. The first-order valence-corrected chi connectivity index (χ1v) is 3.72. The Morgan fingerprint density at radius 3 is 1.86 bits per heavy atom. The molecule has 0 bridgehead atoms. The molecule has 0 aromatic heterocycles. The molecule has 0 fully saturated rings. The second kappa shape index (κ2) is 2.52. The topological polar surface area (TPSA) is 24.7 Å². The Kier molecular flexibility index (Phi) is 1.64. The highest BCUT2D eigenvalue weighted by Crippen LogP contribution is 2.52. The zero-order chi connectivity index (χ0) is 10.4. The summed E-state index contributed by atoms with van der Waals surface area (Å²) in [5.74, 6) is -0.591. The van der Waals surface area contributed by atoms with E-state index in [1.54, 1.807) is 0 Å². The minimum atomic E-state index is -4.55. The zero-order valence-corrected chi connectivity index (χ0v) is 6.72. The lowest BCUT2D eigenvalue weighted by Crippen LogP contribution is -2.29. The van der Waals surface area contributed by atoms with Crippen molar-refractivity contribution in [1.82, 2.24) is 0 Å². The summed E-state index contributed by atoms with van der Waals surface area (Å²) in [5.41, 5.74) is -2.60. The molecule has 0 spiro atoms. The molecule has 0 unspecified atom stereocenters. The van der Waals surface area contributed by atoms with Crippen LogP contribution >= 0.6 is 0 Å². The van der Waals surface area contributed by atoms with Crippen LogP contribution in [0.25, 0.3) is 0 Å². The largest absolute Gasteiger partial charge is 0.442 e. The summed E-state index contributed by atoms with van der Waals surface area (Å²) in [6.07, 6.45) is -4.55. The van der Waals surface area contributed by atoms with Crippen LogP contribution in [0.3, 0.4) is 0 Å². The van der Waals surface area contributed by atoms with Crippen LogP contribution in [0.5, 0.6) is 0 Å². The highest BCUT2D eigenvalue weighted by molar-refractivity contribution is 5.29. The Labute approximate surface area is 76.3 Å². The third kappa shape index (κ3) is 1.18. The third-order valence-corrected chi connectivity index (χ3v) is 1.94. The summed E-state index contributed by atoms with van der Waals surface area (Å²) >= 11 is 0. The van der Waals surface area contributed by atoms with Crippen molar-refractivity contribution in [2.45, 2.75) is 11.8 Å². The van der Waals surface area contributed by atoms with Crippen LogP contribution in [-0.4, -0.2) is 6.18 Å². The molecule has 2 rings (SSSR count). The molecule has 0 radical (unpaired) electrons. The van der Waals surface area contributed by atoms with Crippen LogP contribution in [0.4, 0.5) is 17.6 Å². The first-order valence-electron chi connectivity index (χ1n) is 3.72. The molecule has 74 valence electrons. The van der Waals surface area contributed by atoms with Gasteiger partial charge in [-0.05, 0) is 12.1 Å². The van der Waals surface area contributed by atoms with Gasteiger partial charge in [0.25, 0.3) is 0 Å². The van der Waals surface area contributed by atoms with Crippen LogP contribution < -0.4 is 0 Å². The van der Waals surface area contributed by atoms with E-state index in [0.29, 0.717) is 0 Å². The summed E-state index contributed by atoms with van der Waals surface area (Å²) in [6.45, 7) is 0. The van der Waals surface area contributed by atoms with E-state index in [9.17, 15) is 17.6 Å². The van der Waals surface area contributed by atoms with Crippen molar-refractivity contribution in [3.05, 3.63) is 35.6 Å². The van der Waals surface area contributed by atoms with Gasteiger partial charge in [0.1, 0.15) is 5.82 Å². The zero-order valence-electron chi connectivity index (χ0n) is 6.72. The van der Waals surface area contributed by atoms with Gasteiger partial charge in [-0.2, -0.15) is 13.2 Å². The van der Waals surface area contributed by atoms with E-state index in [4.69, 9.17) is 0 Å². The van der Waals surface area contributed by atoms with Crippen molar-refractivity contribution in [3.8, 4) is 0 Å². The lowest BCUT2D eigenvalue weighted by Gasteiger charge is -2.14. The summed E-state index contributed by atoms with van der Waals surface area (Å²) < 4.78 is 49.7. The smallest absolute Gasteiger partial charge is 0.207 e. The second-order valence-corrected chi connectivity index (χ2v) is 2.88. The van der Waals surface area contributed by atoms with E-state index in [0.717, 1.165) is 24.3 Å². The molecule has 0 N–H and O–H groups in total. The lowest BCUT2D eigenvalue weighted by molar-refractivity contribution is -0.166. The van der Waals surface area contributed by atoms with E-state index in [1.165, 1.54) is 0 Å². The molecule has 1 heterocycles. The quantitative estimate of drug-likeness (QED) is 0.628. The highest BCUT2D eigenvalue weighted by atomic mass is 19.4. The molecule has 1 aromatic carbocycles. The summed E-state index contributed by atoms with van der Waals surface area (Å²) in [4.78, 5) is 0. The first-order chi connectivity index (χ1) is 6.46. The van der Waals surface area contributed by atoms with Gasteiger partial charge in [0.05, 0.1) is 0 Å². The van der Waals surface area contributed by atoms with Crippen molar-refractivity contribution in [3.63, 3.8) is 0 Å². The van der Waals surface area contributed by atoms with Crippen molar-refractivity contribution < 1.29 is 17.6 Å². The van der Waals surface area contributed by atoms with Gasteiger partial charge in [-0.15, -0.1) is 10.2 Å². The average Bonchev–Trinajstić information content (AvgIpc) is 2.84. The number of halogens is 4. The van der Waals surface area contributed by atoms with Crippen LogP contribution in [0, 0.1) is 5.82 Å². The van der Waals surface area contributed by atoms with E-state index in [-0.39, 0.29) is 5.56 Å². The van der Waals surface area contributed by atoms with Crippen LogP contribution in [-0.2, 0) is 5.66 Å². The van der Waals surface area contributed by atoms with Crippen molar-refractivity contribution in [2.75, 3.05) is 0 Å². The highest BCUT2D eigenvalue weighted by Gasteiger charge is 2.65. The number of rotatable bonds is 1. The molecule has 6 heteroatoms. The van der Waals surface area contributed by atoms with Gasteiger partial charge >= 0.3 is 11.8 Å². The minimum Gasteiger partial charge on any atom is -0.207 e. The second-order valence-electron chi connectivity index (χ2n) is 2.88. The number of hydrogen-bond acceptors (Lipinski definition) is 2. The standard InChI is InChI=1S/C8H4F4N2/c9-6-3-1-5(2-4-6)7(13-14-7)8(10,11)12/h1-4H. The third-order valence-electron chi connectivity index (χ3n) is 1.94. The molecule has 0 amide bonds. The van der Waals surface area contributed by atoms with Gasteiger partial charge in [-0.25, -0.2) is 4.39 Å². The average molecular weight is 204 g/mol. The fourth-order valence-electron chi connectivity index (χ4n) is 1.12. The summed E-state index contributed by atoms with van der Waals surface area (Å²) in [7, 11) is 0. The number of nitrogens with zero attached hydrogens (tertiary/aromatic N) is 2. The van der Waals surface area contributed by atoms with E-state index < -0.39 is 17.7 Å². The molecule has 1 aromatic rings. The number of benzene rings is 1. The molecule has 0 saturated heterocycles. The predicted molar refractivity (Wildman–Crippen MR) is 39.0 cm³/mol. The number of alkyl halides is 3. The van der Waals surface area contributed by atoms with Crippen molar-refractivity contribution >= 4 is 0 Å². The first kappa shape index (κ1) is 9.11. The number of hydrogen-bond donors (Lipinski definition) is 0. The summed E-state index contributed by atoms with van der Waals surface area (Å²) in [5, 5.41) is 5.97. The minimum absolute atomic E-state index is 0.161. The summed E-state index contributed by atoms with van der Waals surface area (Å²) in [6, 6.07) is 3.96. The molecule has 2 nitrogen and oxygen atoms in total. The molecule has 0 atom stereocenters. The van der Waals surface area contributed by atoms with Crippen molar-refractivity contribution in [1.29, 1.82) is 0 Å². The Hall–Kier alpha value is -1.46. The van der Waals surface area contributed by atoms with Crippen molar-refractivity contribution in [2.24, 2.45) is 10.2 Å². The van der Waals surface area contributed by atoms with Gasteiger partial charge in [0.15, 0.2) is 0 Å². The van der Waals surface area contributed by atoms with Crippen LogP contribution in [0.15, 0.2) is 34.5 Å². The monoisotopic (exact) mass is 204 g/mol. The van der Waals surface area contributed by atoms with Crippen LogP contribution in [0.2, 0.25) is 0 Å². The maximum absolute atomic E-state index is 12.4. The Balaban J connectivity index is 2.37. The van der Waals surface area contributed by atoms with Gasteiger partial charge in [0, 0.05) is 5.56 Å². The molecule has 1 aliphatic rings. The Morgan fingerprint density at radius 1 is 1.00 bits per heavy atom. The maximum atomic E-state index is 12.4. The fraction of sp³-hybridized carbons (Fsp3) is 0.250. The predicted octanol–water partition coefficient (Wildman–Crippen LogP) is 3.01. The molecule has 1 aliphatic heterocycles. The maximum Gasteiger partial charge on any atom is 0.442 e.